The van der Waals surface area contributed by atoms with Crippen molar-refractivity contribution in [2.24, 2.45) is 11.7 Å². The molecule has 0 spiro atoms. The first-order valence-electron chi connectivity index (χ1n) is 3.37. The smallest absolute Gasteiger partial charge is 0.117 e. The third-order valence-corrected chi connectivity index (χ3v) is 2.09. The Kier molecular flexibility index (Phi) is 2.33. The van der Waals surface area contributed by atoms with Crippen LogP contribution in [0.1, 0.15) is 6.42 Å². The Morgan fingerprint density at radius 3 is 2.91 bits per heavy atom. The molecule has 1 aliphatic rings. The summed E-state index contributed by atoms with van der Waals surface area (Å²) in [6.45, 7) is 0. The molecule has 58 valence electrons. The molecule has 2 N–H and O–H groups in total. The molecule has 0 saturated heterocycles. The highest BCUT2D eigenvalue weighted by molar-refractivity contribution is 6.25. The highest BCUT2D eigenvalue weighted by Crippen LogP contribution is 2.28. The van der Waals surface area contributed by atoms with Gasteiger partial charge in [0.05, 0.1) is 6.07 Å². The predicted molar refractivity (Wildman–Crippen MR) is 44.8 cm³/mol. The molecule has 2 atom stereocenters. The molecule has 0 fully saturated rings. The van der Waals surface area contributed by atoms with E-state index in [9.17, 15) is 0 Å². The summed E-state index contributed by atoms with van der Waals surface area (Å²) in [6, 6.07) is 2.04. The number of hydrogen-bond donors (Lipinski definition) is 1. The van der Waals surface area contributed by atoms with E-state index in [4.69, 9.17) is 22.6 Å². The lowest BCUT2D eigenvalue weighted by atomic mass is 9.93. The van der Waals surface area contributed by atoms with Crippen molar-refractivity contribution in [3.63, 3.8) is 0 Å². The van der Waals surface area contributed by atoms with Crippen LogP contribution in [-0.2, 0) is 0 Å². The maximum atomic E-state index is 8.43. The fourth-order valence-electron chi connectivity index (χ4n) is 0.995. The Hall–Kier alpha value is -0.780. The summed E-state index contributed by atoms with van der Waals surface area (Å²) >= 11 is 5.91. The van der Waals surface area contributed by atoms with Gasteiger partial charge in [-0.1, -0.05) is 29.8 Å². The van der Waals surface area contributed by atoms with Crippen molar-refractivity contribution in [1.82, 2.24) is 0 Å². The summed E-state index contributed by atoms with van der Waals surface area (Å²) in [7, 11) is 0. The molecular weight excluding hydrogens is 160 g/mol. The topological polar surface area (TPSA) is 49.8 Å². The Morgan fingerprint density at radius 2 is 2.36 bits per heavy atom. The molecule has 1 rings (SSSR count). The van der Waals surface area contributed by atoms with Crippen LogP contribution < -0.4 is 5.73 Å². The minimum absolute atomic E-state index is 0.0702. The first-order valence-corrected chi connectivity index (χ1v) is 3.75. The lowest BCUT2D eigenvalue weighted by Gasteiger charge is -2.26. The van der Waals surface area contributed by atoms with E-state index in [1.54, 1.807) is 12.2 Å². The van der Waals surface area contributed by atoms with Crippen LogP contribution in [0, 0.1) is 17.2 Å². The lowest BCUT2D eigenvalue weighted by molar-refractivity contribution is 0.530. The van der Waals surface area contributed by atoms with Crippen LogP contribution >= 0.6 is 11.6 Å². The molecule has 0 amide bonds. The van der Waals surface area contributed by atoms with E-state index in [-0.39, 0.29) is 5.92 Å². The quantitative estimate of drug-likeness (QED) is 0.477. The molecule has 0 aromatic rings. The molecule has 0 bridgehead atoms. The van der Waals surface area contributed by atoms with E-state index in [2.05, 4.69) is 0 Å². The third kappa shape index (κ3) is 1.83. The molecule has 1 aliphatic carbocycles. The second-order valence-corrected chi connectivity index (χ2v) is 3.19. The van der Waals surface area contributed by atoms with Gasteiger partial charge in [0.15, 0.2) is 0 Å². The Morgan fingerprint density at radius 1 is 1.64 bits per heavy atom. The molecule has 0 aromatic carbocycles. The molecule has 11 heavy (non-hydrogen) atoms. The third-order valence-electron chi connectivity index (χ3n) is 1.69. The molecule has 0 heterocycles. The van der Waals surface area contributed by atoms with Crippen molar-refractivity contribution < 1.29 is 0 Å². The van der Waals surface area contributed by atoms with Crippen molar-refractivity contribution >= 4 is 11.6 Å². The standard InChI is InChI=1S/C8H9ClN2/c9-8(11)5-2-1-3-7(8)4-6-10/h1-3,5,7H,4,11H2. The number of nitrogens with zero attached hydrogens (tertiary/aromatic N) is 1. The minimum atomic E-state index is -0.871. The number of hydrogen-bond acceptors (Lipinski definition) is 2. The first kappa shape index (κ1) is 8.32. The molecule has 0 saturated carbocycles. The largest absolute Gasteiger partial charge is 0.309 e. The summed E-state index contributed by atoms with van der Waals surface area (Å²) in [5, 5.41) is 8.43. The van der Waals surface area contributed by atoms with Gasteiger partial charge in [-0.05, 0) is 6.08 Å². The lowest BCUT2D eigenvalue weighted by Crippen LogP contribution is -2.39. The normalized spacial score (nSPS) is 35.2. The highest BCUT2D eigenvalue weighted by atomic mass is 35.5. The van der Waals surface area contributed by atoms with E-state index in [0.717, 1.165) is 0 Å². The molecule has 3 heteroatoms. The van der Waals surface area contributed by atoms with Crippen LogP contribution in [0.3, 0.4) is 0 Å². The first-order chi connectivity index (χ1) is 5.17. The predicted octanol–water partition coefficient (Wildman–Crippen LogP) is 1.54. The van der Waals surface area contributed by atoms with Crippen molar-refractivity contribution in [3.8, 4) is 6.07 Å². The fraction of sp³-hybridized carbons (Fsp3) is 0.375. The zero-order chi connectivity index (χ0) is 8.32. The van der Waals surface area contributed by atoms with Gasteiger partial charge in [0, 0.05) is 12.3 Å². The maximum absolute atomic E-state index is 8.43. The Bertz CT molecular complexity index is 235. The van der Waals surface area contributed by atoms with Crippen LogP contribution in [0.4, 0.5) is 0 Å². The number of rotatable bonds is 1. The highest BCUT2D eigenvalue weighted by Gasteiger charge is 2.29. The summed E-state index contributed by atoms with van der Waals surface area (Å²) < 4.78 is 0. The van der Waals surface area contributed by atoms with Crippen molar-refractivity contribution in [3.05, 3.63) is 24.3 Å². The molecular formula is C8H9ClN2. The van der Waals surface area contributed by atoms with Crippen LogP contribution in [0.2, 0.25) is 0 Å². The van der Waals surface area contributed by atoms with E-state index < -0.39 is 5.00 Å². The van der Waals surface area contributed by atoms with Gasteiger partial charge in [-0.3, -0.25) is 0 Å². The van der Waals surface area contributed by atoms with Crippen LogP contribution in [-0.4, -0.2) is 5.00 Å². The Balaban J connectivity index is 2.73. The van der Waals surface area contributed by atoms with E-state index >= 15 is 0 Å². The molecule has 2 nitrogen and oxygen atoms in total. The molecule has 2 unspecified atom stereocenters. The molecule has 0 aromatic heterocycles. The molecule has 0 aliphatic heterocycles. The fourth-order valence-corrected chi connectivity index (χ4v) is 1.22. The zero-order valence-electron chi connectivity index (χ0n) is 6.00. The van der Waals surface area contributed by atoms with Crippen LogP contribution in [0.5, 0.6) is 0 Å². The van der Waals surface area contributed by atoms with Gasteiger partial charge in [-0.15, -0.1) is 0 Å². The summed E-state index contributed by atoms with van der Waals surface area (Å²) in [4.78, 5) is -0.871. The number of nitriles is 1. The van der Waals surface area contributed by atoms with Gasteiger partial charge in [-0.25, -0.2) is 0 Å². The van der Waals surface area contributed by atoms with Crippen molar-refractivity contribution in [2.75, 3.05) is 0 Å². The number of alkyl halides is 1. The van der Waals surface area contributed by atoms with E-state index in [1.807, 2.05) is 18.2 Å². The number of allylic oxidation sites excluding steroid dienone is 2. The second-order valence-electron chi connectivity index (χ2n) is 2.54. The number of halogens is 1. The summed E-state index contributed by atoms with van der Waals surface area (Å²) in [5.41, 5.74) is 5.68. The monoisotopic (exact) mass is 168 g/mol. The summed E-state index contributed by atoms with van der Waals surface area (Å²) in [5.74, 6) is -0.0702. The minimum Gasteiger partial charge on any atom is -0.309 e. The van der Waals surface area contributed by atoms with Gasteiger partial charge in [0.1, 0.15) is 5.00 Å². The van der Waals surface area contributed by atoms with Crippen LogP contribution in [0.25, 0.3) is 0 Å². The van der Waals surface area contributed by atoms with Gasteiger partial charge in [0.2, 0.25) is 0 Å². The van der Waals surface area contributed by atoms with Gasteiger partial charge < -0.3 is 5.73 Å². The van der Waals surface area contributed by atoms with Gasteiger partial charge >= 0.3 is 0 Å². The van der Waals surface area contributed by atoms with Gasteiger partial charge in [-0.2, -0.15) is 5.26 Å². The average molecular weight is 169 g/mol. The maximum Gasteiger partial charge on any atom is 0.117 e. The number of nitrogens with two attached hydrogens (primary N) is 1. The van der Waals surface area contributed by atoms with Crippen molar-refractivity contribution in [1.29, 1.82) is 5.26 Å². The summed E-state index contributed by atoms with van der Waals surface area (Å²) in [6.07, 6.45) is 7.57. The van der Waals surface area contributed by atoms with E-state index in [0.29, 0.717) is 6.42 Å². The van der Waals surface area contributed by atoms with Crippen molar-refractivity contribution in [2.45, 2.75) is 11.4 Å². The second kappa shape index (κ2) is 3.08. The van der Waals surface area contributed by atoms with Gasteiger partial charge in [0.25, 0.3) is 0 Å². The average Bonchev–Trinajstić information content (AvgIpc) is 1.94. The zero-order valence-corrected chi connectivity index (χ0v) is 6.75. The molecule has 0 radical (unpaired) electrons. The SMILES string of the molecule is N#CCC1C=CC=CC1(N)Cl. The van der Waals surface area contributed by atoms with Crippen LogP contribution in [0.15, 0.2) is 24.3 Å². The Labute approximate surface area is 70.9 Å². The van der Waals surface area contributed by atoms with E-state index in [1.165, 1.54) is 0 Å².